The molecule has 0 aliphatic heterocycles. The highest BCUT2D eigenvalue weighted by Crippen LogP contribution is 2.17. The SMILES string of the molecule is CCCCC/C=C\C/C=C\CCCCCCCCCC(=O)OC(COCCC(C(=O)O)[N+](C)(C)C)COC(=O)CCCCCCCCCCCCCCCCCCCCCCCCCC. The number of aliphatic carboxylic acids is 1. The number of hydrogen-bond donors (Lipinski definition) is 1. The van der Waals surface area contributed by atoms with Gasteiger partial charge in [-0.3, -0.25) is 9.59 Å². The van der Waals surface area contributed by atoms with E-state index in [-0.39, 0.29) is 36.2 Å². The van der Waals surface area contributed by atoms with Crippen molar-refractivity contribution in [1.29, 1.82) is 0 Å². The number of carbonyl (C=O) groups is 3. The normalized spacial score (nSPS) is 12.9. The first-order valence-electron chi connectivity index (χ1n) is 27.9. The second-order valence-corrected chi connectivity index (χ2v) is 20.2. The number of ether oxygens (including phenoxy) is 3. The molecule has 0 spiro atoms. The van der Waals surface area contributed by atoms with E-state index >= 15 is 0 Å². The Balaban J connectivity index is 4.13. The predicted octanol–water partition coefficient (Wildman–Crippen LogP) is 16.4. The van der Waals surface area contributed by atoms with Gasteiger partial charge < -0.3 is 23.8 Å². The third-order valence-electron chi connectivity index (χ3n) is 12.9. The molecule has 65 heavy (non-hydrogen) atoms. The first-order chi connectivity index (χ1) is 31.6. The van der Waals surface area contributed by atoms with E-state index in [1.54, 1.807) is 0 Å². The van der Waals surface area contributed by atoms with Gasteiger partial charge in [0.05, 0.1) is 34.4 Å². The standard InChI is InChI=1S/C57H107NO7/c1-6-8-10-12-14-16-18-20-22-24-25-26-27-28-29-30-32-33-35-37-39-41-43-45-47-55(59)64-52-53(51-63-50-49-54(57(61)62)58(3,4)5)65-56(60)48-46-44-42-40-38-36-34-31-23-21-19-17-15-13-11-9-7-2/h15,17,21,23,53-54H,6-14,16,18-20,22,24-52H2,1-5H3/p+1/b17-15-,23-21-. The smallest absolute Gasteiger partial charge is 0.362 e. The van der Waals surface area contributed by atoms with Gasteiger partial charge in [-0.25, -0.2) is 4.79 Å². The number of likely N-dealkylation sites (N-methyl/N-ethyl adjacent to an activating group) is 1. The molecular weight excluding hydrogens is 811 g/mol. The van der Waals surface area contributed by atoms with Crippen molar-refractivity contribution in [1.82, 2.24) is 0 Å². The lowest BCUT2D eigenvalue weighted by atomic mass is 10.0. The number of carbonyl (C=O) groups excluding carboxylic acids is 2. The monoisotopic (exact) mass is 919 g/mol. The van der Waals surface area contributed by atoms with Gasteiger partial charge in [-0.05, 0) is 44.9 Å². The summed E-state index contributed by atoms with van der Waals surface area (Å²) in [5.74, 6) is -1.46. The Morgan fingerprint density at radius 3 is 1.22 bits per heavy atom. The van der Waals surface area contributed by atoms with Crippen LogP contribution in [0.2, 0.25) is 0 Å². The largest absolute Gasteiger partial charge is 0.477 e. The average molecular weight is 919 g/mol. The number of allylic oxidation sites excluding steroid dienone is 4. The van der Waals surface area contributed by atoms with Crippen LogP contribution in [0.5, 0.6) is 0 Å². The summed E-state index contributed by atoms with van der Waals surface area (Å²) in [5.41, 5.74) is 0. The number of unbranched alkanes of at least 4 members (excludes halogenated alkanes) is 33. The molecule has 0 bridgehead atoms. The Labute approximate surface area is 402 Å². The van der Waals surface area contributed by atoms with Crippen molar-refractivity contribution in [3.05, 3.63) is 24.3 Å². The van der Waals surface area contributed by atoms with Crippen LogP contribution in [0.15, 0.2) is 24.3 Å². The highest BCUT2D eigenvalue weighted by Gasteiger charge is 2.31. The minimum atomic E-state index is -0.872. The minimum Gasteiger partial charge on any atom is -0.477 e. The molecule has 8 nitrogen and oxygen atoms in total. The fraction of sp³-hybridized carbons (Fsp3) is 0.877. The van der Waals surface area contributed by atoms with E-state index in [2.05, 4.69) is 38.2 Å². The lowest BCUT2D eigenvalue weighted by molar-refractivity contribution is -0.887. The first-order valence-corrected chi connectivity index (χ1v) is 27.9. The molecule has 1 N–H and O–H groups in total. The molecule has 0 aromatic rings. The summed E-state index contributed by atoms with van der Waals surface area (Å²) < 4.78 is 17.4. The Kier molecular flexibility index (Phi) is 46.6. The van der Waals surface area contributed by atoms with Crippen LogP contribution in [0.1, 0.15) is 271 Å². The van der Waals surface area contributed by atoms with Crippen molar-refractivity contribution >= 4 is 17.9 Å². The number of hydrogen-bond acceptors (Lipinski definition) is 6. The quantitative estimate of drug-likeness (QED) is 0.0281. The van der Waals surface area contributed by atoms with Gasteiger partial charge in [0.25, 0.3) is 0 Å². The topological polar surface area (TPSA) is 99.1 Å². The van der Waals surface area contributed by atoms with Gasteiger partial charge in [-0.15, -0.1) is 0 Å². The first kappa shape index (κ1) is 62.8. The average Bonchev–Trinajstić information content (AvgIpc) is 3.27. The van der Waals surface area contributed by atoms with Gasteiger partial charge >= 0.3 is 17.9 Å². The summed E-state index contributed by atoms with van der Waals surface area (Å²) in [6.45, 7) is 4.75. The lowest BCUT2D eigenvalue weighted by Gasteiger charge is -2.31. The van der Waals surface area contributed by atoms with Gasteiger partial charge in [0.2, 0.25) is 0 Å². The second-order valence-electron chi connectivity index (χ2n) is 20.2. The predicted molar refractivity (Wildman–Crippen MR) is 275 cm³/mol. The van der Waals surface area contributed by atoms with Crippen LogP contribution in [-0.4, -0.2) is 80.6 Å². The van der Waals surface area contributed by atoms with Gasteiger partial charge in [0.1, 0.15) is 6.61 Å². The van der Waals surface area contributed by atoms with E-state index in [4.69, 9.17) is 14.2 Å². The Morgan fingerprint density at radius 2 is 0.815 bits per heavy atom. The lowest BCUT2D eigenvalue weighted by Crippen LogP contribution is -2.50. The fourth-order valence-corrected chi connectivity index (χ4v) is 8.54. The van der Waals surface area contributed by atoms with E-state index < -0.39 is 18.1 Å². The molecule has 0 fully saturated rings. The molecule has 0 heterocycles. The number of carboxylic acid groups (broad SMARTS) is 1. The van der Waals surface area contributed by atoms with Crippen molar-refractivity contribution in [3.8, 4) is 0 Å². The zero-order chi connectivity index (χ0) is 47.7. The van der Waals surface area contributed by atoms with E-state index in [9.17, 15) is 19.5 Å². The van der Waals surface area contributed by atoms with E-state index in [0.717, 1.165) is 51.4 Å². The molecule has 0 aliphatic rings. The maximum absolute atomic E-state index is 12.8. The van der Waals surface area contributed by atoms with Crippen LogP contribution in [0.4, 0.5) is 0 Å². The molecule has 382 valence electrons. The van der Waals surface area contributed by atoms with Crippen LogP contribution in [0.3, 0.4) is 0 Å². The molecule has 0 radical (unpaired) electrons. The minimum absolute atomic E-state index is 0.0490. The van der Waals surface area contributed by atoms with Crippen LogP contribution in [0.25, 0.3) is 0 Å². The van der Waals surface area contributed by atoms with Crippen LogP contribution in [0, 0.1) is 0 Å². The molecule has 0 aliphatic carbocycles. The van der Waals surface area contributed by atoms with Gasteiger partial charge in [-0.2, -0.15) is 0 Å². The summed E-state index contributed by atoms with van der Waals surface area (Å²) in [7, 11) is 5.55. The molecule has 0 saturated carbocycles. The molecule has 0 aromatic heterocycles. The summed E-state index contributed by atoms with van der Waals surface area (Å²) in [5, 5.41) is 9.66. The molecule has 0 saturated heterocycles. The molecule has 0 rings (SSSR count). The van der Waals surface area contributed by atoms with E-state index in [1.165, 1.54) is 186 Å². The number of carboxylic acids is 1. The third-order valence-corrected chi connectivity index (χ3v) is 12.9. The van der Waals surface area contributed by atoms with Gasteiger partial charge in [0, 0.05) is 19.3 Å². The van der Waals surface area contributed by atoms with Crippen molar-refractivity contribution in [2.45, 2.75) is 283 Å². The highest BCUT2D eigenvalue weighted by molar-refractivity contribution is 5.72. The fourth-order valence-electron chi connectivity index (χ4n) is 8.54. The zero-order valence-corrected chi connectivity index (χ0v) is 43.7. The van der Waals surface area contributed by atoms with Crippen LogP contribution >= 0.6 is 0 Å². The summed E-state index contributed by atoms with van der Waals surface area (Å²) in [6, 6.07) is -0.614. The maximum Gasteiger partial charge on any atom is 0.362 e. The maximum atomic E-state index is 12.8. The molecule has 2 atom stereocenters. The second kappa shape index (κ2) is 48.3. The highest BCUT2D eigenvalue weighted by atomic mass is 16.6. The summed E-state index contributed by atoms with van der Waals surface area (Å²) in [6.07, 6.45) is 56.7. The molecular formula is C57H108NO7+. The van der Waals surface area contributed by atoms with Crippen molar-refractivity contribution in [2.24, 2.45) is 0 Å². The summed E-state index contributed by atoms with van der Waals surface area (Å²) in [4.78, 5) is 37.2. The van der Waals surface area contributed by atoms with Crippen molar-refractivity contribution in [3.63, 3.8) is 0 Å². The number of esters is 2. The molecule has 2 unspecified atom stereocenters. The molecule has 0 aromatic carbocycles. The zero-order valence-electron chi connectivity index (χ0n) is 43.7. The van der Waals surface area contributed by atoms with Gasteiger partial charge in [0.15, 0.2) is 12.1 Å². The van der Waals surface area contributed by atoms with Crippen molar-refractivity contribution in [2.75, 3.05) is 41.0 Å². The van der Waals surface area contributed by atoms with Gasteiger partial charge in [-0.1, -0.05) is 231 Å². The Hall–Kier alpha value is -2.19. The number of quaternary nitrogens is 1. The Morgan fingerprint density at radius 1 is 0.462 bits per heavy atom. The van der Waals surface area contributed by atoms with E-state index in [0.29, 0.717) is 19.3 Å². The van der Waals surface area contributed by atoms with Crippen LogP contribution < -0.4 is 0 Å². The Bertz CT molecular complexity index is 1120. The molecule has 0 amide bonds. The van der Waals surface area contributed by atoms with Crippen LogP contribution in [-0.2, 0) is 28.6 Å². The van der Waals surface area contributed by atoms with Crippen molar-refractivity contribution < 1.29 is 38.2 Å². The summed E-state index contributed by atoms with van der Waals surface area (Å²) >= 11 is 0. The number of nitrogens with zero attached hydrogens (tertiary/aromatic N) is 1. The van der Waals surface area contributed by atoms with E-state index in [1.807, 2.05) is 21.1 Å². The third kappa shape index (κ3) is 46.7. The molecule has 8 heteroatoms. The number of rotatable bonds is 51.